The smallest absolute Gasteiger partial charge is 0.410 e. The monoisotopic (exact) mass is 508 g/mol. The van der Waals surface area contributed by atoms with E-state index in [1.807, 2.05) is 51.1 Å². The molecule has 2 aliphatic rings. The standard InChI is InChI=1S/C26H32N6O3S/c1-26(2,3)35-25(33)31-12-6-8-18(16-31)28-23-27-11-10-20(29-23)22-21(30-24-32(22)13-14-36-24)17-7-5-9-19(15-17)34-4/h5,7,9-11,15,18H,6,8,12-14,16H2,1-4H3,(H,27,28,29)/t18-/m1/s1. The number of rotatable bonds is 5. The average molecular weight is 509 g/mol. The highest BCUT2D eigenvalue weighted by atomic mass is 32.2. The molecule has 1 N–H and O–H groups in total. The normalized spacial score (nSPS) is 17.6. The second-order valence-corrected chi connectivity index (χ2v) is 11.1. The summed E-state index contributed by atoms with van der Waals surface area (Å²) in [4.78, 5) is 28.7. The summed E-state index contributed by atoms with van der Waals surface area (Å²) >= 11 is 1.75. The van der Waals surface area contributed by atoms with Crippen LogP contribution in [-0.2, 0) is 11.3 Å². The highest BCUT2D eigenvalue weighted by Gasteiger charge is 2.29. The first-order valence-corrected chi connectivity index (χ1v) is 13.2. The Balaban J connectivity index is 1.40. The number of benzene rings is 1. The van der Waals surface area contributed by atoms with E-state index in [-0.39, 0.29) is 12.1 Å². The summed E-state index contributed by atoms with van der Waals surface area (Å²) in [5, 5.41) is 4.45. The van der Waals surface area contributed by atoms with Crippen LogP contribution in [0.2, 0.25) is 0 Å². The third-order valence-corrected chi connectivity index (χ3v) is 7.08. The van der Waals surface area contributed by atoms with E-state index in [1.54, 1.807) is 30.0 Å². The minimum absolute atomic E-state index is 0.0473. The van der Waals surface area contributed by atoms with Gasteiger partial charge < -0.3 is 24.3 Å². The SMILES string of the molecule is COc1cccc(-c2nc3n(c2-c2ccnc(N[C@@H]4CCCN(C(=O)OC(C)(C)C)C4)n2)CCS3)c1. The van der Waals surface area contributed by atoms with Gasteiger partial charge in [0.1, 0.15) is 11.4 Å². The van der Waals surface area contributed by atoms with Crippen LogP contribution in [0.1, 0.15) is 33.6 Å². The first kappa shape index (κ1) is 24.4. The van der Waals surface area contributed by atoms with Crippen LogP contribution in [0, 0.1) is 0 Å². The van der Waals surface area contributed by atoms with E-state index in [9.17, 15) is 4.79 Å². The quantitative estimate of drug-likeness (QED) is 0.518. The molecule has 3 aromatic rings. The largest absolute Gasteiger partial charge is 0.497 e. The van der Waals surface area contributed by atoms with Crippen LogP contribution in [0.4, 0.5) is 10.7 Å². The molecule has 4 heterocycles. The molecule has 5 rings (SSSR count). The minimum Gasteiger partial charge on any atom is -0.497 e. The van der Waals surface area contributed by atoms with Crippen molar-refractivity contribution in [1.29, 1.82) is 0 Å². The van der Waals surface area contributed by atoms with Crippen molar-refractivity contribution in [3.8, 4) is 28.4 Å². The molecular formula is C26H32N6O3S. The van der Waals surface area contributed by atoms with Crippen molar-refractivity contribution in [2.24, 2.45) is 0 Å². The summed E-state index contributed by atoms with van der Waals surface area (Å²) in [6, 6.07) is 9.92. The number of aromatic nitrogens is 4. The van der Waals surface area contributed by atoms with Crippen molar-refractivity contribution in [3.05, 3.63) is 36.5 Å². The molecular weight excluding hydrogens is 476 g/mol. The maximum Gasteiger partial charge on any atom is 0.410 e. The van der Waals surface area contributed by atoms with Gasteiger partial charge in [0.2, 0.25) is 5.95 Å². The van der Waals surface area contributed by atoms with Crippen molar-refractivity contribution >= 4 is 23.8 Å². The number of fused-ring (bicyclic) bond motifs is 1. The highest BCUT2D eigenvalue weighted by Crippen LogP contribution is 2.39. The number of nitrogens with one attached hydrogen (secondary N) is 1. The topological polar surface area (TPSA) is 94.4 Å². The number of piperidine rings is 1. The molecule has 10 heteroatoms. The summed E-state index contributed by atoms with van der Waals surface area (Å²) in [5.74, 6) is 2.32. The van der Waals surface area contributed by atoms with Crippen molar-refractivity contribution in [3.63, 3.8) is 0 Å². The Bertz CT molecular complexity index is 1250. The Morgan fingerprint density at radius 1 is 1.19 bits per heavy atom. The predicted octanol–water partition coefficient (Wildman–Crippen LogP) is 4.93. The molecule has 1 aromatic carbocycles. The molecule has 0 unspecified atom stereocenters. The van der Waals surface area contributed by atoms with E-state index in [1.165, 1.54) is 0 Å². The maximum absolute atomic E-state index is 12.6. The summed E-state index contributed by atoms with van der Waals surface area (Å²) in [5.41, 5.74) is 3.15. The van der Waals surface area contributed by atoms with Crippen molar-refractivity contribution < 1.29 is 14.3 Å². The van der Waals surface area contributed by atoms with Gasteiger partial charge in [0, 0.05) is 43.2 Å². The van der Waals surface area contributed by atoms with Gasteiger partial charge in [0.05, 0.1) is 24.2 Å². The highest BCUT2D eigenvalue weighted by molar-refractivity contribution is 7.99. The molecule has 0 aliphatic carbocycles. The van der Waals surface area contributed by atoms with E-state index in [4.69, 9.17) is 19.4 Å². The Morgan fingerprint density at radius 2 is 2.06 bits per heavy atom. The molecule has 1 saturated heterocycles. The minimum atomic E-state index is -0.515. The van der Waals surface area contributed by atoms with Crippen LogP contribution < -0.4 is 10.1 Å². The number of hydrogen-bond donors (Lipinski definition) is 1. The Hall–Kier alpha value is -3.27. The van der Waals surface area contributed by atoms with Gasteiger partial charge in [0.25, 0.3) is 0 Å². The van der Waals surface area contributed by atoms with E-state index in [0.29, 0.717) is 19.0 Å². The molecule has 9 nitrogen and oxygen atoms in total. The summed E-state index contributed by atoms with van der Waals surface area (Å²) < 4.78 is 13.2. The van der Waals surface area contributed by atoms with Crippen LogP contribution in [0.5, 0.6) is 5.75 Å². The zero-order chi connectivity index (χ0) is 25.3. The molecule has 1 amide bonds. The number of likely N-dealkylation sites (tertiary alicyclic amines) is 1. The number of methoxy groups -OCH3 is 1. The number of thioether (sulfide) groups is 1. The van der Waals surface area contributed by atoms with Gasteiger partial charge in [-0.15, -0.1) is 0 Å². The third kappa shape index (κ3) is 5.28. The van der Waals surface area contributed by atoms with Crippen LogP contribution >= 0.6 is 11.8 Å². The number of nitrogens with zero attached hydrogens (tertiary/aromatic N) is 5. The van der Waals surface area contributed by atoms with Gasteiger partial charge in [-0.25, -0.2) is 19.7 Å². The fourth-order valence-electron chi connectivity index (χ4n) is 4.54. The third-order valence-electron chi connectivity index (χ3n) is 6.13. The maximum atomic E-state index is 12.6. The predicted molar refractivity (Wildman–Crippen MR) is 140 cm³/mol. The van der Waals surface area contributed by atoms with Crippen molar-refractivity contribution in [1.82, 2.24) is 24.4 Å². The lowest BCUT2D eigenvalue weighted by Gasteiger charge is -2.34. The van der Waals surface area contributed by atoms with E-state index in [0.717, 1.165) is 58.7 Å². The van der Waals surface area contributed by atoms with Crippen molar-refractivity contribution in [2.75, 3.05) is 31.3 Å². The molecule has 0 saturated carbocycles. The number of hydrogen-bond acceptors (Lipinski definition) is 8. The van der Waals surface area contributed by atoms with Gasteiger partial charge in [0.15, 0.2) is 5.16 Å². The second-order valence-electron chi connectivity index (χ2n) is 10.00. The summed E-state index contributed by atoms with van der Waals surface area (Å²) in [6.45, 7) is 7.78. The van der Waals surface area contributed by atoms with E-state index in [2.05, 4.69) is 14.9 Å². The van der Waals surface area contributed by atoms with E-state index < -0.39 is 5.60 Å². The van der Waals surface area contributed by atoms with Crippen LogP contribution in [-0.4, -0.2) is 68.1 Å². The number of carbonyl (C=O) groups is 1. The number of anilines is 1. The first-order valence-electron chi connectivity index (χ1n) is 12.3. The number of carbonyl (C=O) groups excluding carboxylic acids is 1. The molecule has 190 valence electrons. The fraction of sp³-hybridized carbons (Fsp3) is 0.462. The van der Waals surface area contributed by atoms with Crippen LogP contribution in [0.3, 0.4) is 0 Å². The lowest BCUT2D eigenvalue weighted by molar-refractivity contribution is 0.0206. The van der Waals surface area contributed by atoms with Gasteiger partial charge in [-0.3, -0.25) is 0 Å². The lowest BCUT2D eigenvalue weighted by atomic mass is 10.1. The van der Waals surface area contributed by atoms with Crippen LogP contribution in [0.25, 0.3) is 22.6 Å². The molecule has 1 fully saturated rings. The second kappa shape index (κ2) is 10.0. The fourth-order valence-corrected chi connectivity index (χ4v) is 5.49. The first-order chi connectivity index (χ1) is 17.3. The zero-order valence-electron chi connectivity index (χ0n) is 21.2. The van der Waals surface area contributed by atoms with Crippen molar-refractivity contribution in [2.45, 2.75) is 57.0 Å². The lowest BCUT2D eigenvalue weighted by Crippen LogP contribution is -2.47. The molecule has 1 atom stereocenters. The van der Waals surface area contributed by atoms with Gasteiger partial charge in [-0.05, 0) is 51.8 Å². The molecule has 36 heavy (non-hydrogen) atoms. The van der Waals surface area contributed by atoms with Gasteiger partial charge in [-0.1, -0.05) is 23.9 Å². The molecule has 0 bridgehead atoms. The molecule has 0 spiro atoms. The van der Waals surface area contributed by atoms with Crippen LogP contribution in [0.15, 0.2) is 41.7 Å². The van der Waals surface area contributed by atoms with Gasteiger partial charge in [-0.2, -0.15) is 0 Å². The summed E-state index contributed by atoms with van der Waals surface area (Å²) in [7, 11) is 1.67. The Morgan fingerprint density at radius 3 is 2.86 bits per heavy atom. The average Bonchev–Trinajstić information content (AvgIpc) is 3.45. The Labute approximate surface area is 215 Å². The van der Waals surface area contributed by atoms with Gasteiger partial charge >= 0.3 is 6.09 Å². The number of imidazole rings is 1. The van der Waals surface area contributed by atoms with E-state index >= 15 is 0 Å². The molecule has 2 aromatic heterocycles. The molecule has 0 radical (unpaired) electrons. The number of amides is 1. The summed E-state index contributed by atoms with van der Waals surface area (Å²) in [6.07, 6.45) is 3.32. The zero-order valence-corrected chi connectivity index (χ0v) is 22.0. The number of ether oxygens (including phenoxy) is 2. The Kier molecular flexibility index (Phi) is 6.79. The molecule has 2 aliphatic heterocycles.